The molecule has 0 aromatic carbocycles. The number of amides is 1. The maximum absolute atomic E-state index is 11.7. The summed E-state index contributed by atoms with van der Waals surface area (Å²) < 4.78 is 0. The highest BCUT2D eigenvalue weighted by molar-refractivity contribution is 14.0. The van der Waals surface area contributed by atoms with E-state index in [9.17, 15) is 4.79 Å². The van der Waals surface area contributed by atoms with Gasteiger partial charge in [-0.05, 0) is 5.92 Å². The number of hydrogen-bond donors (Lipinski definition) is 2. The van der Waals surface area contributed by atoms with Crippen LogP contribution < -0.4 is 10.6 Å². The first-order valence-corrected chi connectivity index (χ1v) is 8.39. The average Bonchev–Trinajstić information content (AvgIpc) is 2.99. The number of thiazole rings is 1. The summed E-state index contributed by atoms with van der Waals surface area (Å²) in [6, 6.07) is 0. The van der Waals surface area contributed by atoms with Crippen molar-refractivity contribution in [1.82, 2.24) is 20.5 Å². The van der Waals surface area contributed by atoms with Crippen molar-refractivity contribution in [3.8, 4) is 0 Å². The summed E-state index contributed by atoms with van der Waals surface area (Å²) in [7, 11) is 3.47. The predicted molar refractivity (Wildman–Crippen MR) is 108 cm³/mol. The maximum atomic E-state index is 11.7. The number of likely N-dealkylation sites (N-methyl/N-ethyl adjacent to an activating group) is 1. The predicted octanol–water partition coefficient (Wildman–Crippen LogP) is 2.14. The second-order valence-corrected chi connectivity index (χ2v) is 6.81. The molecular weight excluding hydrogens is 425 g/mol. The number of carbonyl (C=O) groups is 1. The average molecular weight is 453 g/mol. The Kier molecular flexibility index (Phi) is 11.2. The molecule has 132 valence electrons. The minimum absolute atomic E-state index is 0. The van der Waals surface area contributed by atoms with Gasteiger partial charge in [0, 0.05) is 44.7 Å². The van der Waals surface area contributed by atoms with E-state index in [0.717, 1.165) is 18.1 Å². The SMILES string of the molecule is CC(C)CNC(=NCC(=O)N(C)C)NCC(C)c1nccs1.I. The van der Waals surface area contributed by atoms with Crippen LogP contribution in [0.25, 0.3) is 0 Å². The zero-order valence-electron chi connectivity index (χ0n) is 14.5. The molecule has 0 radical (unpaired) electrons. The van der Waals surface area contributed by atoms with E-state index in [-0.39, 0.29) is 36.4 Å². The van der Waals surface area contributed by atoms with E-state index in [1.165, 1.54) is 0 Å². The molecule has 1 atom stereocenters. The van der Waals surface area contributed by atoms with Crippen molar-refractivity contribution < 1.29 is 4.79 Å². The molecule has 0 aliphatic rings. The fourth-order valence-electron chi connectivity index (χ4n) is 1.58. The Balaban J connectivity index is 0.00000484. The molecule has 1 heterocycles. The maximum Gasteiger partial charge on any atom is 0.243 e. The fraction of sp³-hybridized carbons (Fsp3) is 0.667. The minimum atomic E-state index is -0.0152. The summed E-state index contributed by atoms with van der Waals surface area (Å²) in [6.45, 7) is 8.08. The van der Waals surface area contributed by atoms with E-state index >= 15 is 0 Å². The van der Waals surface area contributed by atoms with Crippen LogP contribution in [0.5, 0.6) is 0 Å². The van der Waals surface area contributed by atoms with Crippen molar-refractivity contribution >= 4 is 47.2 Å². The van der Waals surface area contributed by atoms with Gasteiger partial charge in [-0.3, -0.25) is 4.79 Å². The van der Waals surface area contributed by atoms with Crippen LogP contribution in [0.3, 0.4) is 0 Å². The summed E-state index contributed by atoms with van der Waals surface area (Å²) in [5.74, 6) is 1.47. The Hall–Kier alpha value is -0.900. The molecule has 8 heteroatoms. The molecule has 1 amide bonds. The third-order valence-corrected chi connectivity index (χ3v) is 4.00. The van der Waals surface area contributed by atoms with E-state index in [1.807, 2.05) is 11.6 Å². The van der Waals surface area contributed by atoms with Gasteiger partial charge in [0.15, 0.2) is 5.96 Å². The molecule has 6 nitrogen and oxygen atoms in total. The van der Waals surface area contributed by atoms with Crippen LogP contribution in [0.2, 0.25) is 0 Å². The molecule has 0 aliphatic heterocycles. The molecule has 2 N–H and O–H groups in total. The van der Waals surface area contributed by atoms with Gasteiger partial charge < -0.3 is 15.5 Å². The summed E-state index contributed by atoms with van der Waals surface area (Å²) in [6.07, 6.45) is 1.82. The standard InChI is InChI=1S/C15H27N5OS.HI/c1-11(2)8-17-15(19-10-13(21)20(4)5)18-9-12(3)14-16-6-7-22-14;/h6-7,11-12H,8-10H2,1-5H3,(H2,17,18,19);1H. The number of carbonyl (C=O) groups excluding carboxylic acids is 1. The van der Waals surface area contributed by atoms with Gasteiger partial charge in [-0.1, -0.05) is 20.8 Å². The molecule has 1 aromatic heterocycles. The number of nitrogens with zero attached hydrogens (tertiary/aromatic N) is 3. The zero-order valence-corrected chi connectivity index (χ0v) is 17.6. The molecule has 23 heavy (non-hydrogen) atoms. The first-order chi connectivity index (χ1) is 10.4. The Morgan fingerprint density at radius 2 is 1.96 bits per heavy atom. The van der Waals surface area contributed by atoms with Crippen LogP contribution in [0.4, 0.5) is 0 Å². The van der Waals surface area contributed by atoms with Gasteiger partial charge >= 0.3 is 0 Å². The Labute approximate surface area is 160 Å². The van der Waals surface area contributed by atoms with Gasteiger partial charge in [0.1, 0.15) is 6.54 Å². The van der Waals surface area contributed by atoms with Crippen LogP contribution in [-0.2, 0) is 4.79 Å². The highest BCUT2D eigenvalue weighted by Crippen LogP contribution is 2.16. The van der Waals surface area contributed by atoms with Gasteiger partial charge in [-0.15, -0.1) is 35.3 Å². The minimum Gasteiger partial charge on any atom is -0.356 e. The monoisotopic (exact) mass is 453 g/mol. The summed E-state index contributed by atoms with van der Waals surface area (Å²) in [4.78, 5) is 21.9. The van der Waals surface area contributed by atoms with Crippen molar-refractivity contribution in [2.24, 2.45) is 10.9 Å². The highest BCUT2D eigenvalue weighted by atomic mass is 127. The van der Waals surface area contributed by atoms with Crippen molar-refractivity contribution in [1.29, 1.82) is 0 Å². The lowest BCUT2D eigenvalue weighted by Gasteiger charge is -2.17. The normalized spacial score (nSPS) is 12.5. The number of aliphatic imine (C=N–C) groups is 1. The molecule has 0 fully saturated rings. The quantitative estimate of drug-likeness (QED) is 0.377. The van der Waals surface area contributed by atoms with Gasteiger partial charge in [0.05, 0.1) is 5.01 Å². The van der Waals surface area contributed by atoms with Gasteiger partial charge in [-0.25, -0.2) is 9.98 Å². The van der Waals surface area contributed by atoms with Crippen molar-refractivity contribution in [2.45, 2.75) is 26.7 Å². The zero-order chi connectivity index (χ0) is 16.5. The van der Waals surface area contributed by atoms with Crippen molar-refractivity contribution in [3.05, 3.63) is 16.6 Å². The summed E-state index contributed by atoms with van der Waals surface area (Å²) in [5.41, 5.74) is 0. The second kappa shape index (κ2) is 11.6. The molecule has 1 unspecified atom stereocenters. The van der Waals surface area contributed by atoms with E-state index in [4.69, 9.17) is 0 Å². The third kappa shape index (κ3) is 9.09. The van der Waals surface area contributed by atoms with Gasteiger partial charge in [0.25, 0.3) is 0 Å². The topological polar surface area (TPSA) is 69.6 Å². The lowest BCUT2D eigenvalue weighted by atomic mass is 10.2. The number of guanidine groups is 1. The lowest BCUT2D eigenvalue weighted by molar-refractivity contribution is -0.127. The molecule has 1 rings (SSSR count). The smallest absolute Gasteiger partial charge is 0.243 e. The van der Waals surface area contributed by atoms with Gasteiger partial charge in [0.2, 0.25) is 5.91 Å². The lowest BCUT2D eigenvalue weighted by Crippen LogP contribution is -2.41. The van der Waals surface area contributed by atoms with Crippen molar-refractivity contribution in [2.75, 3.05) is 33.7 Å². The Morgan fingerprint density at radius 1 is 1.30 bits per heavy atom. The molecule has 0 spiro atoms. The molecule has 0 saturated carbocycles. The van der Waals surface area contributed by atoms with Crippen molar-refractivity contribution in [3.63, 3.8) is 0 Å². The van der Waals surface area contributed by atoms with E-state index in [2.05, 4.69) is 41.4 Å². The van der Waals surface area contributed by atoms with E-state index < -0.39 is 0 Å². The summed E-state index contributed by atoms with van der Waals surface area (Å²) in [5, 5.41) is 9.63. The number of hydrogen-bond acceptors (Lipinski definition) is 4. The molecule has 0 saturated heterocycles. The molecular formula is C15H28IN5OS. The fourth-order valence-corrected chi connectivity index (χ4v) is 2.28. The molecule has 0 aliphatic carbocycles. The number of aromatic nitrogens is 1. The van der Waals surface area contributed by atoms with Crippen LogP contribution in [0, 0.1) is 5.92 Å². The molecule has 0 bridgehead atoms. The first kappa shape index (κ1) is 22.1. The van der Waals surface area contributed by atoms with Crippen LogP contribution in [0.15, 0.2) is 16.6 Å². The molecule has 1 aromatic rings. The Morgan fingerprint density at radius 3 is 2.48 bits per heavy atom. The second-order valence-electron chi connectivity index (χ2n) is 5.88. The van der Waals surface area contributed by atoms with Crippen LogP contribution >= 0.6 is 35.3 Å². The third-order valence-electron chi connectivity index (χ3n) is 3.00. The largest absolute Gasteiger partial charge is 0.356 e. The van der Waals surface area contributed by atoms with Gasteiger partial charge in [-0.2, -0.15) is 0 Å². The number of rotatable bonds is 7. The van der Waals surface area contributed by atoms with E-state index in [0.29, 0.717) is 17.8 Å². The Bertz CT molecular complexity index is 476. The van der Waals surface area contributed by atoms with Crippen LogP contribution in [-0.4, -0.2) is 55.5 Å². The number of nitrogens with one attached hydrogen (secondary N) is 2. The highest BCUT2D eigenvalue weighted by Gasteiger charge is 2.10. The van der Waals surface area contributed by atoms with E-state index in [1.54, 1.807) is 30.3 Å². The number of halogens is 1. The van der Waals surface area contributed by atoms with Crippen LogP contribution in [0.1, 0.15) is 31.7 Å². The summed E-state index contributed by atoms with van der Waals surface area (Å²) >= 11 is 1.65. The first-order valence-electron chi connectivity index (χ1n) is 7.51.